The predicted octanol–water partition coefficient (Wildman–Crippen LogP) is 4.04. The van der Waals surface area contributed by atoms with Crippen LogP contribution < -0.4 is 9.47 Å². The summed E-state index contributed by atoms with van der Waals surface area (Å²) in [5.41, 5.74) is 1.88. The molecular formula is C17H17ClN5O2-. The van der Waals surface area contributed by atoms with Crippen LogP contribution in [0.5, 0.6) is 11.5 Å². The minimum atomic E-state index is 0.317. The lowest BCUT2D eigenvalue weighted by Crippen LogP contribution is -2.01. The topological polar surface area (TPSA) is 87.0 Å². The fourth-order valence-corrected chi connectivity index (χ4v) is 2.39. The van der Waals surface area contributed by atoms with Crippen LogP contribution in [0.3, 0.4) is 0 Å². The highest BCUT2D eigenvalue weighted by molar-refractivity contribution is 6.31. The molecule has 1 N–H and O–H groups in total. The zero-order valence-electron chi connectivity index (χ0n) is 13.6. The second kappa shape index (κ2) is 8.34. The normalized spacial score (nSPS) is 10.5. The third-order valence-electron chi connectivity index (χ3n) is 3.39. The van der Waals surface area contributed by atoms with E-state index in [2.05, 4.69) is 25.9 Å². The van der Waals surface area contributed by atoms with E-state index in [1.807, 2.05) is 49.4 Å². The molecule has 1 aromatic heterocycles. The summed E-state index contributed by atoms with van der Waals surface area (Å²) in [4.78, 5) is 0. The molecule has 0 aliphatic carbocycles. The van der Waals surface area contributed by atoms with E-state index in [9.17, 15) is 0 Å². The number of benzene rings is 2. The summed E-state index contributed by atoms with van der Waals surface area (Å²) in [5, 5.41) is 18.3. The van der Waals surface area contributed by atoms with Crippen LogP contribution in [0, 0.1) is 0 Å². The van der Waals surface area contributed by atoms with Crippen molar-refractivity contribution in [2.45, 2.75) is 20.1 Å². The van der Waals surface area contributed by atoms with Crippen molar-refractivity contribution in [1.82, 2.24) is 20.6 Å². The van der Waals surface area contributed by atoms with Gasteiger partial charge in [0, 0.05) is 17.1 Å². The van der Waals surface area contributed by atoms with Crippen molar-refractivity contribution in [3.63, 3.8) is 0 Å². The Labute approximate surface area is 150 Å². The molecule has 0 fully saturated rings. The summed E-state index contributed by atoms with van der Waals surface area (Å²) in [6.45, 7) is 3.25. The van der Waals surface area contributed by atoms with Crippen LogP contribution in [-0.2, 0) is 13.2 Å². The first-order chi connectivity index (χ1) is 12.3. The summed E-state index contributed by atoms with van der Waals surface area (Å²) >= 11 is 6.16. The Balaban J connectivity index is 1.69. The smallest absolute Gasteiger partial charge is 0.161 e. The number of tetrazole rings is 1. The highest BCUT2D eigenvalue weighted by Crippen LogP contribution is 2.31. The van der Waals surface area contributed by atoms with Crippen LogP contribution >= 0.6 is 11.6 Å². The highest BCUT2D eigenvalue weighted by atomic mass is 35.5. The van der Waals surface area contributed by atoms with Gasteiger partial charge in [-0.1, -0.05) is 35.9 Å². The lowest BCUT2D eigenvalue weighted by Gasteiger charge is -2.15. The van der Waals surface area contributed by atoms with Crippen molar-refractivity contribution in [2.75, 3.05) is 6.61 Å². The quantitative estimate of drug-likeness (QED) is 0.656. The molecule has 0 unspecified atom stereocenters. The molecule has 0 aliphatic heterocycles. The van der Waals surface area contributed by atoms with Crippen LogP contribution in [0.4, 0.5) is 5.95 Å². The van der Waals surface area contributed by atoms with Gasteiger partial charge in [-0.05, 0) is 30.7 Å². The number of hydrogen-bond donors (Lipinski definition) is 1. The number of aromatic amines is 1. The molecule has 1 heterocycles. The van der Waals surface area contributed by atoms with Crippen molar-refractivity contribution < 1.29 is 9.47 Å². The van der Waals surface area contributed by atoms with Crippen molar-refractivity contribution in [2.24, 2.45) is 0 Å². The number of hydrogen-bond acceptors (Lipinski definition) is 5. The molecule has 0 saturated carbocycles. The fraction of sp³-hybridized carbons (Fsp3) is 0.235. The molecule has 0 aliphatic rings. The van der Waals surface area contributed by atoms with Crippen LogP contribution in [-0.4, -0.2) is 27.2 Å². The average molecular weight is 359 g/mol. The summed E-state index contributed by atoms with van der Waals surface area (Å²) < 4.78 is 11.6. The van der Waals surface area contributed by atoms with Gasteiger partial charge in [0.15, 0.2) is 11.5 Å². The second-order valence-corrected chi connectivity index (χ2v) is 5.53. The molecule has 3 rings (SSSR count). The monoisotopic (exact) mass is 358 g/mol. The minimum absolute atomic E-state index is 0.317. The van der Waals surface area contributed by atoms with Gasteiger partial charge in [0.05, 0.1) is 12.6 Å². The van der Waals surface area contributed by atoms with Crippen LogP contribution in [0.15, 0.2) is 42.5 Å². The van der Waals surface area contributed by atoms with Crippen molar-refractivity contribution in [3.05, 3.63) is 63.9 Å². The molecule has 0 amide bonds. The number of rotatable bonds is 8. The number of H-pyrrole nitrogens is 1. The Morgan fingerprint density at radius 3 is 2.76 bits per heavy atom. The second-order valence-electron chi connectivity index (χ2n) is 5.12. The molecule has 0 radical (unpaired) electrons. The number of aromatic nitrogens is 4. The van der Waals surface area contributed by atoms with Gasteiger partial charge in [0.25, 0.3) is 0 Å². The van der Waals surface area contributed by atoms with Gasteiger partial charge in [-0.2, -0.15) is 0 Å². The molecule has 25 heavy (non-hydrogen) atoms. The first-order valence-electron chi connectivity index (χ1n) is 7.79. The Kier molecular flexibility index (Phi) is 5.69. The Bertz CT molecular complexity index is 811. The molecule has 8 heteroatoms. The first-order valence-corrected chi connectivity index (χ1v) is 8.17. The van der Waals surface area contributed by atoms with Crippen molar-refractivity contribution >= 4 is 17.5 Å². The molecule has 130 valence electrons. The maximum absolute atomic E-state index is 6.16. The lowest BCUT2D eigenvalue weighted by molar-refractivity contribution is 0.269. The summed E-state index contributed by atoms with van der Waals surface area (Å²) in [6.07, 6.45) is 0. The molecule has 0 atom stereocenters. The number of halogens is 1. The maximum Gasteiger partial charge on any atom is 0.161 e. The first kappa shape index (κ1) is 17.0. The van der Waals surface area contributed by atoms with Crippen molar-refractivity contribution in [1.29, 1.82) is 0 Å². The maximum atomic E-state index is 6.16. The molecule has 3 aromatic rings. The molecule has 0 spiro atoms. The van der Waals surface area contributed by atoms with Gasteiger partial charge >= 0.3 is 0 Å². The van der Waals surface area contributed by atoms with E-state index in [1.165, 1.54) is 0 Å². The SMILES string of the molecule is CCOc1cc(C[N-]c2nn[nH]n2)ccc1OCc1ccccc1Cl. The predicted molar refractivity (Wildman–Crippen MR) is 94.3 cm³/mol. The largest absolute Gasteiger partial charge is 0.490 e. The van der Waals surface area contributed by atoms with Gasteiger partial charge in [0.2, 0.25) is 0 Å². The van der Waals surface area contributed by atoms with Crippen molar-refractivity contribution in [3.8, 4) is 11.5 Å². The van der Waals surface area contributed by atoms with E-state index >= 15 is 0 Å². The summed E-state index contributed by atoms with van der Waals surface area (Å²) in [6, 6.07) is 13.3. The molecule has 0 saturated heterocycles. The Morgan fingerprint density at radius 2 is 2.00 bits per heavy atom. The number of ether oxygens (including phenoxy) is 2. The third kappa shape index (κ3) is 4.60. The molecule has 0 bridgehead atoms. The highest BCUT2D eigenvalue weighted by Gasteiger charge is 2.08. The number of nitrogens with one attached hydrogen (secondary N) is 1. The summed E-state index contributed by atoms with van der Waals surface area (Å²) in [7, 11) is 0. The van der Waals surface area contributed by atoms with Crippen LogP contribution in [0.25, 0.3) is 5.32 Å². The van der Waals surface area contributed by atoms with E-state index in [0.717, 1.165) is 11.1 Å². The molecule has 2 aromatic carbocycles. The van der Waals surface area contributed by atoms with Gasteiger partial charge < -0.3 is 14.8 Å². The van der Waals surface area contributed by atoms with Gasteiger partial charge in [0.1, 0.15) is 6.61 Å². The van der Waals surface area contributed by atoms with Gasteiger partial charge in [-0.25, -0.2) is 0 Å². The van der Waals surface area contributed by atoms with E-state index in [4.69, 9.17) is 21.1 Å². The zero-order valence-corrected chi connectivity index (χ0v) is 14.4. The minimum Gasteiger partial charge on any atom is -0.490 e. The van der Waals surface area contributed by atoms with Gasteiger partial charge in [-0.15, -0.1) is 5.21 Å². The molecular weight excluding hydrogens is 342 g/mol. The number of nitrogens with zero attached hydrogens (tertiary/aromatic N) is 4. The van der Waals surface area contributed by atoms with E-state index in [0.29, 0.717) is 42.2 Å². The Morgan fingerprint density at radius 1 is 1.12 bits per heavy atom. The fourth-order valence-electron chi connectivity index (χ4n) is 2.19. The standard InChI is InChI=1S/C17H17ClN5O2/c1-2-24-16-9-12(10-19-17-20-22-23-21-17)7-8-15(16)25-11-13-5-3-4-6-14(13)18/h3-9H,2,10-11H2,1H3,(H-,19,20,21,22,23)/q-1. The Hall–Kier alpha value is -2.80. The lowest BCUT2D eigenvalue weighted by atomic mass is 10.2. The zero-order chi connectivity index (χ0) is 17.5. The van der Waals surface area contributed by atoms with E-state index < -0.39 is 0 Å². The summed E-state index contributed by atoms with van der Waals surface area (Å²) in [5.74, 6) is 1.64. The third-order valence-corrected chi connectivity index (χ3v) is 3.75. The van der Waals surface area contributed by atoms with Gasteiger partial charge in [-0.3, -0.25) is 15.4 Å². The van der Waals surface area contributed by atoms with E-state index in [1.54, 1.807) is 0 Å². The average Bonchev–Trinajstić information content (AvgIpc) is 3.14. The van der Waals surface area contributed by atoms with Crippen LogP contribution in [0.2, 0.25) is 5.02 Å². The molecule has 7 nitrogen and oxygen atoms in total. The van der Waals surface area contributed by atoms with E-state index in [-0.39, 0.29) is 0 Å². The van der Waals surface area contributed by atoms with Crippen LogP contribution in [0.1, 0.15) is 18.1 Å².